The Morgan fingerprint density at radius 3 is 2.69 bits per heavy atom. The van der Waals surface area contributed by atoms with Gasteiger partial charge in [0.05, 0.1) is 0 Å². The molecule has 0 heterocycles. The van der Waals surface area contributed by atoms with E-state index in [0.29, 0.717) is 0 Å². The van der Waals surface area contributed by atoms with E-state index in [1.54, 1.807) is 0 Å². The van der Waals surface area contributed by atoms with Crippen LogP contribution in [0.25, 0.3) is 0 Å². The largest absolute Gasteiger partial charge is 0.385 e. The van der Waals surface area contributed by atoms with Crippen LogP contribution in [-0.2, 0) is 0 Å². The predicted molar refractivity (Wildman–Crippen MR) is 73.9 cm³/mol. The number of aryl methyl sites for hydroxylation is 1. The Balaban J connectivity index is 1.88. The Hall–Kier alpha value is -0.500. The van der Waals surface area contributed by atoms with Crippen LogP contribution in [0.1, 0.15) is 37.7 Å². The normalized spacial score (nSPS) is 17.4. The minimum absolute atomic E-state index is 0.886. The van der Waals surface area contributed by atoms with Crippen LogP contribution < -0.4 is 5.32 Å². The first-order valence-electron chi connectivity index (χ1n) is 6.26. The van der Waals surface area contributed by atoms with E-state index in [-0.39, 0.29) is 0 Å². The summed E-state index contributed by atoms with van der Waals surface area (Å²) in [6.45, 7) is 3.30. The van der Waals surface area contributed by atoms with Gasteiger partial charge in [0.2, 0.25) is 0 Å². The van der Waals surface area contributed by atoms with E-state index in [9.17, 15) is 0 Å². The maximum Gasteiger partial charge on any atom is 0.0370 e. The summed E-state index contributed by atoms with van der Waals surface area (Å²) < 4.78 is 1.16. The lowest BCUT2D eigenvalue weighted by Gasteiger charge is -2.22. The zero-order valence-electron chi connectivity index (χ0n) is 9.93. The molecular weight excluding hydrogens is 262 g/mol. The molecule has 0 atom stereocenters. The highest BCUT2D eigenvalue weighted by Crippen LogP contribution is 2.25. The minimum atomic E-state index is 0.886. The first-order valence-corrected chi connectivity index (χ1v) is 7.05. The fraction of sp³-hybridized carbons (Fsp3) is 0.571. The van der Waals surface area contributed by atoms with Gasteiger partial charge >= 0.3 is 0 Å². The van der Waals surface area contributed by atoms with Crippen molar-refractivity contribution in [3.05, 3.63) is 28.2 Å². The summed E-state index contributed by atoms with van der Waals surface area (Å²) in [5.74, 6) is 0.886. The molecule has 0 aromatic heterocycles. The Labute approximate surface area is 107 Å². The van der Waals surface area contributed by atoms with Crippen molar-refractivity contribution in [3.8, 4) is 0 Å². The third-order valence-electron chi connectivity index (χ3n) is 3.49. The summed E-state index contributed by atoms with van der Waals surface area (Å²) in [6, 6.07) is 6.45. The molecule has 0 spiro atoms. The summed E-state index contributed by atoms with van der Waals surface area (Å²) in [4.78, 5) is 0. The Morgan fingerprint density at radius 1 is 1.25 bits per heavy atom. The summed E-state index contributed by atoms with van der Waals surface area (Å²) in [6.07, 6.45) is 7.09. The van der Waals surface area contributed by atoms with Crippen molar-refractivity contribution in [1.82, 2.24) is 0 Å². The smallest absolute Gasteiger partial charge is 0.0370 e. The van der Waals surface area contributed by atoms with Gasteiger partial charge in [-0.25, -0.2) is 0 Å². The Kier molecular flexibility index (Phi) is 4.28. The molecule has 1 aromatic carbocycles. The van der Waals surface area contributed by atoms with Crippen molar-refractivity contribution in [3.63, 3.8) is 0 Å². The van der Waals surface area contributed by atoms with Crippen molar-refractivity contribution in [2.45, 2.75) is 39.0 Å². The molecule has 16 heavy (non-hydrogen) atoms. The van der Waals surface area contributed by atoms with Gasteiger partial charge in [0.15, 0.2) is 0 Å². The molecule has 1 aromatic rings. The van der Waals surface area contributed by atoms with Crippen molar-refractivity contribution >= 4 is 21.6 Å². The third-order valence-corrected chi connectivity index (χ3v) is 3.99. The molecule has 1 fully saturated rings. The van der Waals surface area contributed by atoms with E-state index in [1.165, 1.54) is 43.4 Å². The molecule has 0 saturated heterocycles. The molecule has 1 N–H and O–H groups in total. The molecule has 1 saturated carbocycles. The molecular formula is C14H20BrN. The molecule has 0 unspecified atom stereocenters. The quantitative estimate of drug-likeness (QED) is 0.843. The van der Waals surface area contributed by atoms with Crippen LogP contribution in [0, 0.1) is 12.8 Å². The van der Waals surface area contributed by atoms with Gasteiger partial charge in [-0.2, -0.15) is 0 Å². The monoisotopic (exact) mass is 281 g/mol. The molecule has 0 bridgehead atoms. The van der Waals surface area contributed by atoms with Crippen LogP contribution in [0.4, 0.5) is 5.69 Å². The Morgan fingerprint density at radius 2 is 2.00 bits per heavy atom. The van der Waals surface area contributed by atoms with E-state index in [4.69, 9.17) is 0 Å². The van der Waals surface area contributed by atoms with Gasteiger partial charge < -0.3 is 5.32 Å². The first kappa shape index (κ1) is 12.0. The van der Waals surface area contributed by atoms with E-state index < -0.39 is 0 Å². The molecule has 1 aliphatic rings. The van der Waals surface area contributed by atoms with Gasteiger partial charge in [-0.15, -0.1) is 0 Å². The van der Waals surface area contributed by atoms with Crippen LogP contribution in [0.3, 0.4) is 0 Å². The lowest BCUT2D eigenvalue weighted by molar-refractivity contribution is 0.373. The molecule has 2 rings (SSSR count). The minimum Gasteiger partial charge on any atom is -0.385 e. The number of anilines is 1. The van der Waals surface area contributed by atoms with Gasteiger partial charge in [-0.3, -0.25) is 0 Å². The van der Waals surface area contributed by atoms with Crippen molar-refractivity contribution in [2.75, 3.05) is 11.9 Å². The molecule has 0 radical (unpaired) electrons. The summed E-state index contributed by atoms with van der Waals surface area (Å²) in [5.41, 5.74) is 2.61. The number of nitrogens with one attached hydrogen (secondary N) is 1. The zero-order chi connectivity index (χ0) is 11.4. The van der Waals surface area contributed by atoms with E-state index >= 15 is 0 Å². The SMILES string of the molecule is Cc1cc(Br)ccc1NCC1CCCCC1. The van der Waals surface area contributed by atoms with Crippen molar-refractivity contribution in [1.29, 1.82) is 0 Å². The number of halogens is 1. The topological polar surface area (TPSA) is 12.0 Å². The van der Waals surface area contributed by atoms with Crippen LogP contribution in [0.15, 0.2) is 22.7 Å². The fourth-order valence-corrected chi connectivity index (χ4v) is 2.95. The summed E-state index contributed by atoms with van der Waals surface area (Å²) in [7, 11) is 0. The highest BCUT2D eigenvalue weighted by Gasteiger charge is 2.13. The second-order valence-corrected chi connectivity index (χ2v) is 5.76. The standard InChI is InChI=1S/C14H20BrN/c1-11-9-13(15)7-8-14(11)16-10-12-5-3-2-4-6-12/h7-9,12,16H,2-6,10H2,1H3. The third kappa shape index (κ3) is 3.24. The highest BCUT2D eigenvalue weighted by molar-refractivity contribution is 9.10. The number of hydrogen-bond donors (Lipinski definition) is 1. The molecule has 0 aliphatic heterocycles. The van der Waals surface area contributed by atoms with Gasteiger partial charge in [0, 0.05) is 16.7 Å². The van der Waals surface area contributed by atoms with E-state index in [1.807, 2.05) is 0 Å². The van der Waals surface area contributed by atoms with Crippen LogP contribution in [0.2, 0.25) is 0 Å². The molecule has 88 valence electrons. The van der Waals surface area contributed by atoms with Gasteiger partial charge in [0.25, 0.3) is 0 Å². The lowest BCUT2D eigenvalue weighted by atomic mass is 9.89. The van der Waals surface area contributed by atoms with E-state index in [0.717, 1.165) is 16.9 Å². The van der Waals surface area contributed by atoms with Gasteiger partial charge in [-0.05, 0) is 49.4 Å². The van der Waals surface area contributed by atoms with Crippen LogP contribution >= 0.6 is 15.9 Å². The number of benzene rings is 1. The zero-order valence-corrected chi connectivity index (χ0v) is 11.5. The summed E-state index contributed by atoms with van der Waals surface area (Å²) in [5, 5.41) is 3.59. The van der Waals surface area contributed by atoms with Gasteiger partial charge in [0.1, 0.15) is 0 Å². The number of hydrogen-bond acceptors (Lipinski definition) is 1. The van der Waals surface area contributed by atoms with E-state index in [2.05, 4.69) is 46.4 Å². The molecule has 1 aliphatic carbocycles. The predicted octanol–water partition coefficient (Wildman–Crippen LogP) is 4.75. The van der Waals surface area contributed by atoms with Crippen LogP contribution in [-0.4, -0.2) is 6.54 Å². The average Bonchev–Trinajstić information content (AvgIpc) is 2.29. The van der Waals surface area contributed by atoms with Crippen molar-refractivity contribution < 1.29 is 0 Å². The number of rotatable bonds is 3. The molecule has 1 nitrogen and oxygen atoms in total. The van der Waals surface area contributed by atoms with Crippen LogP contribution in [0.5, 0.6) is 0 Å². The second kappa shape index (κ2) is 5.72. The highest BCUT2D eigenvalue weighted by atomic mass is 79.9. The lowest BCUT2D eigenvalue weighted by Crippen LogP contribution is -2.17. The average molecular weight is 282 g/mol. The molecule has 0 amide bonds. The summed E-state index contributed by atoms with van der Waals surface area (Å²) >= 11 is 3.50. The maximum atomic E-state index is 3.59. The van der Waals surface area contributed by atoms with Crippen molar-refractivity contribution in [2.24, 2.45) is 5.92 Å². The fourth-order valence-electron chi connectivity index (χ4n) is 2.47. The van der Waals surface area contributed by atoms with Gasteiger partial charge in [-0.1, -0.05) is 35.2 Å². The Bertz CT molecular complexity index is 343. The second-order valence-electron chi connectivity index (χ2n) is 4.84. The molecule has 2 heteroatoms. The maximum absolute atomic E-state index is 3.59. The first-order chi connectivity index (χ1) is 7.75.